The molecule has 102 valence electrons. The minimum Gasteiger partial charge on any atom is -0.369 e. The van der Waals surface area contributed by atoms with Crippen molar-refractivity contribution in [3.05, 3.63) is 0 Å². The van der Waals surface area contributed by atoms with Gasteiger partial charge in [0.15, 0.2) is 0 Å². The van der Waals surface area contributed by atoms with Crippen LogP contribution in [0.25, 0.3) is 0 Å². The Bertz CT molecular complexity index is 245. The quantitative estimate of drug-likeness (QED) is 0.777. The molecule has 0 fully saturated rings. The second-order valence-corrected chi connectivity index (χ2v) is 7.70. The highest BCUT2D eigenvalue weighted by Gasteiger charge is 2.28. The van der Waals surface area contributed by atoms with Gasteiger partial charge in [0.05, 0.1) is 0 Å². The number of amides is 1. The van der Waals surface area contributed by atoms with Crippen molar-refractivity contribution in [2.24, 2.45) is 28.4 Å². The highest BCUT2D eigenvalue weighted by atomic mass is 16.1. The Balaban J connectivity index is 4.52. The molecule has 2 atom stereocenters. The van der Waals surface area contributed by atoms with Crippen molar-refractivity contribution < 1.29 is 4.79 Å². The van der Waals surface area contributed by atoms with E-state index >= 15 is 0 Å². The van der Waals surface area contributed by atoms with Crippen molar-refractivity contribution in [2.75, 3.05) is 0 Å². The SMILES string of the molecule is CC(CC(CCC(C)(C)C)C(C)(C)C)C(N)=O. The van der Waals surface area contributed by atoms with E-state index in [2.05, 4.69) is 41.5 Å². The smallest absolute Gasteiger partial charge is 0.220 e. The molecule has 0 heterocycles. The first-order chi connectivity index (χ1) is 7.43. The first-order valence-corrected chi connectivity index (χ1v) is 6.73. The molecular formula is C15H31NO. The van der Waals surface area contributed by atoms with E-state index in [9.17, 15) is 4.79 Å². The molecule has 0 aliphatic carbocycles. The van der Waals surface area contributed by atoms with E-state index in [-0.39, 0.29) is 17.2 Å². The molecule has 0 aliphatic rings. The molecule has 0 rings (SSSR count). The maximum Gasteiger partial charge on any atom is 0.220 e. The van der Waals surface area contributed by atoms with Gasteiger partial charge in [-0.15, -0.1) is 0 Å². The van der Waals surface area contributed by atoms with E-state index in [0.717, 1.165) is 6.42 Å². The van der Waals surface area contributed by atoms with E-state index < -0.39 is 0 Å². The van der Waals surface area contributed by atoms with Gasteiger partial charge < -0.3 is 5.73 Å². The van der Waals surface area contributed by atoms with Crippen LogP contribution in [-0.4, -0.2) is 5.91 Å². The number of hydrogen-bond acceptors (Lipinski definition) is 1. The maximum atomic E-state index is 11.2. The van der Waals surface area contributed by atoms with Crippen LogP contribution in [0.3, 0.4) is 0 Å². The molecule has 0 aromatic rings. The molecule has 0 aromatic heterocycles. The van der Waals surface area contributed by atoms with E-state index in [4.69, 9.17) is 5.73 Å². The minimum atomic E-state index is -0.171. The van der Waals surface area contributed by atoms with E-state index in [1.807, 2.05) is 6.92 Å². The summed E-state index contributed by atoms with van der Waals surface area (Å²) in [6.45, 7) is 15.5. The van der Waals surface area contributed by atoms with Crippen LogP contribution in [0.4, 0.5) is 0 Å². The van der Waals surface area contributed by atoms with Crippen LogP contribution >= 0.6 is 0 Å². The lowest BCUT2D eigenvalue weighted by Crippen LogP contribution is -2.29. The van der Waals surface area contributed by atoms with Gasteiger partial charge >= 0.3 is 0 Å². The largest absolute Gasteiger partial charge is 0.369 e. The number of rotatable bonds is 5. The number of hydrogen-bond donors (Lipinski definition) is 1. The molecule has 2 nitrogen and oxygen atoms in total. The fraction of sp³-hybridized carbons (Fsp3) is 0.933. The average Bonchev–Trinajstić information content (AvgIpc) is 2.07. The molecule has 2 heteroatoms. The lowest BCUT2D eigenvalue weighted by Gasteiger charge is -2.34. The van der Waals surface area contributed by atoms with Crippen molar-refractivity contribution >= 4 is 5.91 Å². The van der Waals surface area contributed by atoms with Crippen LogP contribution in [0, 0.1) is 22.7 Å². The zero-order valence-electron chi connectivity index (χ0n) is 12.8. The predicted octanol–water partition coefficient (Wildman–Crippen LogP) is 3.99. The Labute approximate surface area is 107 Å². The molecule has 0 aliphatic heterocycles. The molecule has 0 spiro atoms. The van der Waals surface area contributed by atoms with Crippen molar-refractivity contribution in [1.29, 1.82) is 0 Å². The van der Waals surface area contributed by atoms with Crippen LogP contribution in [-0.2, 0) is 4.79 Å². The molecule has 17 heavy (non-hydrogen) atoms. The molecule has 2 N–H and O–H groups in total. The summed E-state index contributed by atoms with van der Waals surface area (Å²) in [7, 11) is 0. The van der Waals surface area contributed by atoms with Crippen LogP contribution in [0.5, 0.6) is 0 Å². The van der Waals surface area contributed by atoms with Crippen LogP contribution < -0.4 is 5.73 Å². The predicted molar refractivity (Wildman–Crippen MR) is 74.6 cm³/mol. The Hall–Kier alpha value is -0.530. The third-order valence-corrected chi connectivity index (χ3v) is 3.59. The molecule has 0 saturated carbocycles. The minimum absolute atomic E-state index is 0.0146. The third kappa shape index (κ3) is 7.40. The Kier molecular flexibility index (Phi) is 5.70. The molecule has 2 unspecified atom stereocenters. The maximum absolute atomic E-state index is 11.2. The van der Waals surface area contributed by atoms with E-state index in [1.54, 1.807) is 0 Å². The second-order valence-electron chi connectivity index (χ2n) is 7.70. The van der Waals surface area contributed by atoms with E-state index in [0.29, 0.717) is 11.3 Å². The number of carbonyl (C=O) groups is 1. The van der Waals surface area contributed by atoms with Crippen molar-refractivity contribution in [1.82, 2.24) is 0 Å². The fourth-order valence-electron chi connectivity index (χ4n) is 2.05. The molecule has 0 bridgehead atoms. The van der Waals surface area contributed by atoms with Gasteiger partial charge in [0, 0.05) is 5.92 Å². The standard InChI is InChI=1S/C15H31NO/c1-11(13(16)17)10-12(15(5,6)7)8-9-14(2,3)4/h11-12H,8-10H2,1-7H3,(H2,16,17). The molecule has 1 amide bonds. The van der Waals surface area contributed by atoms with Crippen LogP contribution in [0.15, 0.2) is 0 Å². The Morgan fingerprint density at radius 3 is 1.88 bits per heavy atom. The number of carbonyl (C=O) groups excluding carboxylic acids is 1. The lowest BCUT2D eigenvalue weighted by atomic mass is 9.71. The van der Waals surface area contributed by atoms with Crippen LogP contribution in [0.2, 0.25) is 0 Å². The van der Waals surface area contributed by atoms with Gasteiger partial charge in [0.25, 0.3) is 0 Å². The monoisotopic (exact) mass is 241 g/mol. The first-order valence-electron chi connectivity index (χ1n) is 6.73. The average molecular weight is 241 g/mol. The summed E-state index contributed by atoms with van der Waals surface area (Å²) in [6.07, 6.45) is 3.28. The summed E-state index contributed by atoms with van der Waals surface area (Å²) in [5.74, 6) is 0.374. The fourth-order valence-corrected chi connectivity index (χ4v) is 2.05. The summed E-state index contributed by atoms with van der Waals surface area (Å²) in [5.41, 5.74) is 5.98. The Morgan fingerprint density at radius 1 is 1.12 bits per heavy atom. The first kappa shape index (κ1) is 16.5. The molecule has 0 radical (unpaired) electrons. The lowest BCUT2D eigenvalue weighted by molar-refractivity contribution is -0.122. The van der Waals surface area contributed by atoms with E-state index in [1.165, 1.54) is 12.8 Å². The van der Waals surface area contributed by atoms with Crippen molar-refractivity contribution in [3.8, 4) is 0 Å². The molecule has 0 aromatic carbocycles. The van der Waals surface area contributed by atoms with Gasteiger partial charge in [-0.25, -0.2) is 0 Å². The van der Waals surface area contributed by atoms with Crippen molar-refractivity contribution in [3.63, 3.8) is 0 Å². The van der Waals surface area contributed by atoms with Gasteiger partial charge in [-0.2, -0.15) is 0 Å². The van der Waals surface area contributed by atoms with Gasteiger partial charge in [0.1, 0.15) is 0 Å². The second kappa shape index (κ2) is 5.88. The molecule has 0 saturated heterocycles. The third-order valence-electron chi connectivity index (χ3n) is 3.59. The Morgan fingerprint density at radius 2 is 1.59 bits per heavy atom. The topological polar surface area (TPSA) is 43.1 Å². The summed E-state index contributed by atoms with van der Waals surface area (Å²) in [5, 5.41) is 0. The summed E-state index contributed by atoms with van der Waals surface area (Å²) in [6, 6.07) is 0. The highest BCUT2D eigenvalue weighted by molar-refractivity contribution is 5.76. The highest BCUT2D eigenvalue weighted by Crippen LogP contribution is 2.37. The van der Waals surface area contributed by atoms with Crippen LogP contribution in [0.1, 0.15) is 67.7 Å². The van der Waals surface area contributed by atoms with Gasteiger partial charge in [-0.3, -0.25) is 4.79 Å². The van der Waals surface area contributed by atoms with Crippen molar-refractivity contribution in [2.45, 2.75) is 67.7 Å². The summed E-state index contributed by atoms with van der Waals surface area (Å²) >= 11 is 0. The van der Waals surface area contributed by atoms with Gasteiger partial charge in [0.2, 0.25) is 5.91 Å². The van der Waals surface area contributed by atoms with Gasteiger partial charge in [-0.05, 0) is 36.0 Å². The summed E-state index contributed by atoms with van der Waals surface area (Å²) in [4.78, 5) is 11.2. The normalized spacial score (nSPS) is 16.6. The number of nitrogens with two attached hydrogens (primary N) is 1. The number of primary amides is 1. The zero-order valence-corrected chi connectivity index (χ0v) is 12.8. The molecular weight excluding hydrogens is 210 g/mol. The van der Waals surface area contributed by atoms with Gasteiger partial charge in [-0.1, -0.05) is 48.5 Å². The summed E-state index contributed by atoms with van der Waals surface area (Å²) < 4.78 is 0. The zero-order chi connectivity index (χ0) is 13.9.